The summed E-state index contributed by atoms with van der Waals surface area (Å²) in [6.45, 7) is 0. The molecule has 0 amide bonds. The average Bonchev–Trinajstić information content (AvgIpc) is 2.29. The Kier molecular flexibility index (Phi) is 1.77. The fourth-order valence-electron chi connectivity index (χ4n) is 2.07. The number of fused-ring (bicyclic) bond motifs is 3. The van der Waals surface area contributed by atoms with Crippen LogP contribution < -0.4 is 0 Å². The number of hydrogen-bond acceptors (Lipinski definition) is 2. The van der Waals surface area contributed by atoms with Crippen molar-refractivity contribution in [2.45, 2.75) is 0 Å². The molecule has 0 fully saturated rings. The third-order valence-electron chi connectivity index (χ3n) is 2.82. The molecule has 16 heavy (non-hydrogen) atoms. The van der Waals surface area contributed by atoms with Crippen LogP contribution in [0.15, 0.2) is 48.5 Å². The highest BCUT2D eigenvalue weighted by Gasteiger charge is 2.05. The molecule has 2 nitrogen and oxygen atoms in total. The van der Waals surface area contributed by atoms with Crippen molar-refractivity contribution >= 4 is 21.5 Å². The van der Waals surface area contributed by atoms with Crippen molar-refractivity contribution < 1.29 is 10.2 Å². The molecule has 0 radical (unpaired) electrons. The minimum atomic E-state index is 0.165. The summed E-state index contributed by atoms with van der Waals surface area (Å²) in [5.74, 6) is 0.364. The fourth-order valence-corrected chi connectivity index (χ4v) is 2.07. The molecule has 0 bridgehead atoms. The first-order valence-corrected chi connectivity index (χ1v) is 5.09. The minimum Gasteiger partial charge on any atom is -0.508 e. The molecule has 3 aromatic rings. The third kappa shape index (κ3) is 1.20. The molecule has 3 rings (SSSR count). The molecule has 0 aliphatic heterocycles. The van der Waals surface area contributed by atoms with E-state index in [1.807, 2.05) is 30.3 Å². The van der Waals surface area contributed by atoms with Crippen LogP contribution in [0.25, 0.3) is 21.5 Å². The smallest absolute Gasteiger partial charge is 0.124 e. The molecule has 3 aromatic carbocycles. The lowest BCUT2D eigenvalue weighted by Crippen LogP contribution is -1.78. The summed E-state index contributed by atoms with van der Waals surface area (Å²) in [5, 5.41) is 23.0. The van der Waals surface area contributed by atoms with Crippen molar-refractivity contribution in [3.63, 3.8) is 0 Å². The van der Waals surface area contributed by atoms with Gasteiger partial charge in [-0.05, 0) is 40.4 Å². The predicted octanol–water partition coefficient (Wildman–Crippen LogP) is 3.40. The Morgan fingerprint density at radius 2 is 1.50 bits per heavy atom. The zero-order valence-electron chi connectivity index (χ0n) is 8.51. The van der Waals surface area contributed by atoms with E-state index in [0.29, 0.717) is 5.39 Å². The molecule has 0 aliphatic carbocycles. The van der Waals surface area contributed by atoms with E-state index in [4.69, 9.17) is 0 Å². The van der Waals surface area contributed by atoms with Crippen molar-refractivity contribution in [3.8, 4) is 11.5 Å². The van der Waals surface area contributed by atoms with Gasteiger partial charge in [-0.1, -0.05) is 24.3 Å². The van der Waals surface area contributed by atoms with Crippen LogP contribution >= 0.6 is 0 Å². The van der Waals surface area contributed by atoms with Crippen molar-refractivity contribution in [1.82, 2.24) is 0 Å². The monoisotopic (exact) mass is 210 g/mol. The molecule has 0 heterocycles. The SMILES string of the molecule is Oc1ccc2c(c1)c(O)cc1ccccc12. The van der Waals surface area contributed by atoms with Gasteiger partial charge in [0.1, 0.15) is 11.5 Å². The molecule has 2 N–H and O–H groups in total. The molecule has 0 aromatic heterocycles. The van der Waals surface area contributed by atoms with Gasteiger partial charge in [-0.3, -0.25) is 0 Å². The van der Waals surface area contributed by atoms with E-state index in [-0.39, 0.29) is 11.5 Å². The summed E-state index contributed by atoms with van der Waals surface area (Å²) in [6, 6.07) is 14.6. The van der Waals surface area contributed by atoms with E-state index < -0.39 is 0 Å². The average molecular weight is 210 g/mol. The molecule has 78 valence electrons. The Balaban J connectivity index is 2.59. The molecule has 0 unspecified atom stereocenters. The van der Waals surface area contributed by atoms with E-state index in [9.17, 15) is 10.2 Å². The normalized spacial score (nSPS) is 11.0. The maximum absolute atomic E-state index is 9.88. The fraction of sp³-hybridized carbons (Fsp3) is 0. The lowest BCUT2D eigenvalue weighted by molar-refractivity contribution is 0.472. The molecule has 0 atom stereocenters. The predicted molar refractivity (Wildman–Crippen MR) is 64.8 cm³/mol. The molecule has 0 saturated carbocycles. The van der Waals surface area contributed by atoms with Crippen molar-refractivity contribution in [2.75, 3.05) is 0 Å². The second-order valence-corrected chi connectivity index (χ2v) is 3.85. The quantitative estimate of drug-likeness (QED) is 0.558. The standard InChI is InChI=1S/C14H10O2/c15-10-5-6-12-11-4-2-1-3-9(11)7-14(16)13(12)8-10/h1-8,15-16H. The van der Waals surface area contributed by atoms with Gasteiger partial charge in [0.2, 0.25) is 0 Å². The van der Waals surface area contributed by atoms with E-state index >= 15 is 0 Å². The largest absolute Gasteiger partial charge is 0.508 e. The highest BCUT2D eigenvalue weighted by atomic mass is 16.3. The topological polar surface area (TPSA) is 40.5 Å². The van der Waals surface area contributed by atoms with Crippen molar-refractivity contribution in [1.29, 1.82) is 0 Å². The van der Waals surface area contributed by atoms with E-state index in [2.05, 4.69) is 0 Å². The van der Waals surface area contributed by atoms with Gasteiger partial charge < -0.3 is 10.2 Å². The van der Waals surface area contributed by atoms with Crippen LogP contribution in [0.5, 0.6) is 11.5 Å². The van der Waals surface area contributed by atoms with E-state index in [1.165, 1.54) is 0 Å². The first kappa shape index (κ1) is 9.04. The van der Waals surface area contributed by atoms with Crippen LogP contribution in [0.4, 0.5) is 0 Å². The van der Waals surface area contributed by atoms with Crippen LogP contribution in [-0.4, -0.2) is 10.2 Å². The van der Waals surface area contributed by atoms with Crippen molar-refractivity contribution in [2.24, 2.45) is 0 Å². The van der Waals surface area contributed by atoms with Crippen LogP contribution in [0.1, 0.15) is 0 Å². The summed E-state index contributed by atoms with van der Waals surface area (Å²) in [5.41, 5.74) is 0. The molecule has 0 saturated heterocycles. The Morgan fingerprint density at radius 1 is 0.688 bits per heavy atom. The number of rotatable bonds is 0. The zero-order valence-corrected chi connectivity index (χ0v) is 8.51. The summed E-state index contributed by atoms with van der Waals surface area (Å²) >= 11 is 0. The first-order valence-electron chi connectivity index (χ1n) is 5.09. The Hall–Kier alpha value is -2.22. The molecule has 0 aliphatic rings. The highest BCUT2D eigenvalue weighted by Crippen LogP contribution is 2.34. The number of phenols is 2. The number of hydrogen-bond donors (Lipinski definition) is 2. The van der Waals surface area contributed by atoms with Gasteiger partial charge in [0.25, 0.3) is 0 Å². The third-order valence-corrected chi connectivity index (χ3v) is 2.82. The Morgan fingerprint density at radius 3 is 2.38 bits per heavy atom. The molecular weight excluding hydrogens is 200 g/mol. The van der Waals surface area contributed by atoms with Crippen LogP contribution in [0.2, 0.25) is 0 Å². The summed E-state index contributed by atoms with van der Waals surface area (Å²) < 4.78 is 0. The minimum absolute atomic E-state index is 0.165. The number of benzene rings is 3. The van der Waals surface area contributed by atoms with Gasteiger partial charge in [0.05, 0.1) is 0 Å². The summed E-state index contributed by atoms with van der Waals surface area (Å²) in [6.07, 6.45) is 0. The zero-order chi connectivity index (χ0) is 11.1. The van der Waals surface area contributed by atoms with E-state index in [0.717, 1.165) is 16.2 Å². The second-order valence-electron chi connectivity index (χ2n) is 3.85. The van der Waals surface area contributed by atoms with Gasteiger partial charge in [-0.2, -0.15) is 0 Å². The lowest BCUT2D eigenvalue weighted by Gasteiger charge is -2.06. The van der Waals surface area contributed by atoms with Crippen LogP contribution in [0, 0.1) is 0 Å². The number of aromatic hydroxyl groups is 2. The molecular formula is C14H10O2. The van der Waals surface area contributed by atoms with Gasteiger partial charge >= 0.3 is 0 Å². The van der Waals surface area contributed by atoms with Gasteiger partial charge in [0.15, 0.2) is 0 Å². The lowest BCUT2D eigenvalue weighted by atomic mass is 10.0. The maximum atomic E-state index is 9.88. The van der Waals surface area contributed by atoms with Crippen LogP contribution in [0.3, 0.4) is 0 Å². The molecule has 2 heteroatoms. The number of phenolic OH excluding ortho intramolecular Hbond substituents is 2. The van der Waals surface area contributed by atoms with Gasteiger partial charge in [-0.25, -0.2) is 0 Å². The summed E-state index contributed by atoms with van der Waals surface area (Å²) in [4.78, 5) is 0. The second kappa shape index (κ2) is 3.14. The van der Waals surface area contributed by atoms with Crippen molar-refractivity contribution in [3.05, 3.63) is 48.5 Å². The highest BCUT2D eigenvalue weighted by molar-refractivity contribution is 6.10. The molecule has 0 spiro atoms. The first-order chi connectivity index (χ1) is 7.75. The van der Waals surface area contributed by atoms with E-state index in [1.54, 1.807) is 18.2 Å². The Labute approximate surface area is 92.4 Å². The Bertz CT molecular complexity index is 687. The maximum Gasteiger partial charge on any atom is 0.124 e. The van der Waals surface area contributed by atoms with Crippen LogP contribution in [-0.2, 0) is 0 Å². The van der Waals surface area contributed by atoms with Gasteiger partial charge in [-0.15, -0.1) is 0 Å². The van der Waals surface area contributed by atoms with Gasteiger partial charge in [0, 0.05) is 5.39 Å². The summed E-state index contributed by atoms with van der Waals surface area (Å²) in [7, 11) is 0.